The molecule has 4 nitrogen and oxygen atoms in total. The van der Waals surface area contributed by atoms with E-state index in [0.29, 0.717) is 18.1 Å². The summed E-state index contributed by atoms with van der Waals surface area (Å²) in [7, 11) is 0. The number of carbonyl (C=O) groups excluding carboxylic acids is 1. The molecule has 5 heteroatoms. The number of carbonyl (C=O) groups is 1. The molecule has 4 rings (SSSR count). The monoisotopic (exact) mass is 346 g/mol. The predicted octanol–water partition coefficient (Wildman–Crippen LogP) is 2.45. The van der Waals surface area contributed by atoms with Gasteiger partial charge in [0.1, 0.15) is 0 Å². The molecule has 0 radical (unpaired) electrons. The lowest BCUT2D eigenvalue weighted by Crippen LogP contribution is -2.53. The lowest BCUT2D eigenvalue weighted by Gasteiger charge is -2.41. The lowest BCUT2D eigenvalue weighted by atomic mass is 9.82. The summed E-state index contributed by atoms with van der Waals surface area (Å²) in [6.45, 7) is 3.35. The van der Waals surface area contributed by atoms with E-state index in [1.165, 1.54) is 16.0 Å². The van der Waals surface area contributed by atoms with E-state index in [-0.39, 0.29) is 5.92 Å². The van der Waals surface area contributed by atoms with E-state index >= 15 is 0 Å². The number of nitrogens with zero attached hydrogens (tertiary/aromatic N) is 1. The molecule has 24 heavy (non-hydrogen) atoms. The third-order valence-corrected chi connectivity index (χ3v) is 6.44. The second kappa shape index (κ2) is 7.06. The summed E-state index contributed by atoms with van der Waals surface area (Å²) in [6, 6.07) is 7.03. The molecule has 2 fully saturated rings. The van der Waals surface area contributed by atoms with Gasteiger partial charge in [0.2, 0.25) is 5.91 Å². The van der Waals surface area contributed by atoms with E-state index in [0.717, 1.165) is 51.9 Å². The summed E-state index contributed by atoms with van der Waals surface area (Å²) in [5.74, 6) is 0.507. The van der Waals surface area contributed by atoms with Crippen LogP contribution in [0.4, 0.5) is 0 Å². The van der Waals surface area contributed by atoms with E-state index in [9.17, 15) is 4.79 Å². The van der Waals surface area contributed by atoms with E-state index in [2.05, 4.69) is 34.7 Å². The fourth-order valence-electron chi connectivity index (χ4n) is 4.34. The largest absolute Gasteiger partial charge is 0.375 e. The molecule has 1 aromatic carbocycles. The van der Waals surface area contributed by atoms with E-state index < -0.39 is 0 Å². The molecule has 0 aromatic heterocycles. The van der Waals surface area contributed by atoms with Crippen molar-refractivity contribution in [2.45, 2.75) is 49.3 Å². The molecule has 1 saturated heterocycles. The lowest BCUT2D eigenvalue weighted by molar-refractivity contribution is -0.140. The van der Waals surface area contributed by atoms with Gasteiger partial charge in [0.25, 0.3) is 0 Å². The highest BCUT2D eigenvalue weighted by atomic mass is 32.2. The third-order valence-electron chi connectivity index (χ3n) is 5.71. The maximum Gasteiger partial charge on any atom is 0.226 e. The minimum Gasteiger partial charge on any atom is -0.375 e. The van der Waals surface area contributed by atoms with Crippen LogP contribution in [-0.4, -0.2) is 48.9 Å². The Morgan fingerprint density at radius 1 is 1.33 bits per heavy atom. The quantitative estimate of drug-likeness (QED) is 0.835. The first kappa shape index (κ1) is 16.4. The van der Waals surface area contributed by atoms with Crippen molar-refractivity contribution in [3.05, 3.63) is 29.3 Å². The molecule has 1 aliphatic carbocycles. The van der Waals surface area contributed by atoms with Crippen LogP contribution in [0.25, 0.3) is 0 Å². The van der Waals surface area contributed by atoms with Crippen LogP contribution in [0, 0.1) is 5.92 Å². The van der Waals surface area contributed by atoms with Crippen LogP contribution in [-0.2, 0) is 22.5 Å². The van der Waals surface area contributed by atoms with Gasteiger partial charge in [-0.25, -0.2) is 0 Å². The zero-order valence-electron chi connectivity index (χ0n) is 14.3. The molecular weight excluding hydrogens is 320 g/mol. The first-order valence-corrected chi connectivity index (χ1v) is 10.3. The number of hydrogen-bond donors (Lipinski definition) is 1. The molecule has 0 spiro atoms. The Hall–Kier alpha value is -1.04. The van der Waals surface area contributed by atoms with Crippen molar-refractivity contribution in [1.29, 1.82) is 0 Å². The van der Waals surface area contributed by atoms with Gasteiger partial charge in [-0.2, -0.15) is 0 Å². The molecule has 1 saturated carbocycles. The van der Waals surface area contributed by atoms with Crippen LogP contribution in [0.2, 0.25) is 0 Å². The van der Waals surface area contributed by atoms with Gasteiger partial charge in [-0.1, -0.05) is 6.07 Å². The Kier molecular flexibility index (Phi) is 4.83. The van der Waals surface area contributed by atoms with Crippen molar-refractivity contribution in [2.75, 3.05) is 26.0 Å². The van der Waals surface area contributed by atoms with Crippen LogP contribution in [0.1, 0.15) is 30.4 Å². The van der Waals surface area contributed by atoms with Gasteiger partial charge in [-0.3, -0.25) is 4.79 Å². The Balaban J connectivity index is 1.42. The molecule has 3 atom stereocenters. The summed E-state index contributed by atoms with van der Waals surface area (Å²) >= 11 is 1.78. The Labute approximate surface area is 148 Å². The average molecular weight is 346 g/mol. The van der Waals surface area contributed by atoms with Crippen molar-refractivity contribution in [3.63, 3.8) is 0 Å². The van der Waals surface area contributed by atoms with Crippen LogP contribution in [0.5, 0.6) is 0 Å². The second-order valence-electron chi connectivity index (χ2n) is 7.12. The summed E-state index contributed by atoms with van der Waals surface area (Å²) < 4.78 is 5.83. The molecular formula is C19H26N2O2S. The molecule has 0 unspecified atom stereocenters. The van der Waals surface area contributed by atoms with Crippen molar-refractivity contribution < 1.29 is 9.53 Å². The van der Waals surface area contributed by atoms with Gasteiger partial charge >= 0.3 is 0 Å². The van der Waals surface area contributed by atoms with Crippen molar-refractivity contribution in [3.8, 4) is 0 Å². The maximum atomic E-state index is 13.0. The zero-order chi connectivity index (χ0) is 16.5. The van der Waals surface area contributed by atoms with E-state index in [1.54, 1.807) is 11.8 Å². The average Bonchev–Trinajstić information content (AvgIpc) is 2.66. The fraction of sp³-hybridized carbons (Fsp3) is 0.632. The fourth-order valence-corrected chi connectivity index (χ4v) is 4.80. The number of ether oxygens (including phenoxy) is 1. The minimum atomic E-state index is 0.160. The van der Waals surface area contributed by atoms with Crippen LogP contribution >= 0.6 is 11.8 Å². The summed E-state index contributed by atoms with van der Waals surface area (Å²) in [6.07, 6.45) is 6.31. The molecule has 1 N–H and O–H groups in total. The maximum absolute atomic E-state index is 13.0. The first-order chi connectivity index (χ1) is 11.7. The van der Waals surface area contributed by atoms with Crippen molar-refractivity contribution in [2.24, 2.45) is 5.92 Å². The van der Waals surface area contributed by atoms with Gasteiger partial charge in [0.15, 0.2) is 0 Å². The Bertz CT molecular complexity index is 621. The molecule has 0 bridgehead atoms. The smallest absolute Gasteiger partial charge is 0.226 e. The van der Waals surface area contributed by atoms with Gasteiger partial charge in [-0.05, 0) is 55.2 Å². The van der Waals surface area contributed by atoms with Crippen LogP contribution in [0.15, 0.2) is 23.1 Å². The van der Waals surface area contributed by atoms with Gasteiger partial charge in [-0.15, -0.1) is 11.8 Å². The SMILES string of the molecule is CSc1ccc2c(c1)CCN(C(=O)[C@H]1CC[C@H]3OCCN[C@@H]3C1)C2. The Morgan fingerprint density at radius 2 is 2.25 bits per heavy atom. The molecule has 3 aliphatic rings. The van der Waals surface area contributed by atoms with Crippen LogP contribution < -0.4 is 5.32 Å². The number of morpholine rings is 1. The summed E-state index contributed by atoms with van der Waals surface area (Å²) in [4.78, 5) is 16.4. The number of rotatable bonds is 2. The Morgan fingerprint density at radius 3 is 3.12 bits per heavy atom. The third kappa shape index (κ3) is 3.22. The van der Waals surface area contributed by atoms with Crippen LogP contribution in [0.3, 0.4) is 0 Å². The second-order valence-corrected chi connectivity index (χ2v) is 8.00. The zero-order valence-corrected chi connectivity index (χ0v) is 15.1. The number of benzene rings is 1. The number of thioether (sulfide) groups is 1. The molecule has 130 valence electrons. The van der Waals surface area contributed by atoms with Crippen molar-refractivity contribution in [1.82, 2.24) is 10.2 Å². The standard InChI is InChI=1S/C19H26N2O2S/c1-24-16-4-2-15-12-21(8-6-13(15)10-16)19(22)14-3-5-18-17(11-14)20-7-9-23-18/h2,4,10,14,17-18,20H,3,5-9,11-12H2,1H3/t14-,17+,18+/m0/s1. The molecule has 1 amide bonds. The highest BCUT2D eigenvalue weighted by Crippen LogP contribution is 2.31. The summed E-state index contributed by atoms with van der Waals surface area (Å²) in [5.41, 5.74) is 2.73. The number of nitrogens with one attached hydrogen (secondary N) is 1. The minimum absolute atomic E-state index is 0.160. The van der Waals surface area contributed by atoms with Gasteiger partial charge in [0, 0.05) is 36.5 Å². The molecule has 1 aromatic rings. The molecule has 2 heterocycles. The normalized spacial score (nSPS) is 29.7. The highest BCUT2D eigenvalue weighted by molar-refractivity contribution is 7.98. The summed E-state index contributed by atoms with van der Waals surface area (Å²) in [5, 5.41) is 3.54. The number of fused-ring (bicyclic) bond motifs is 2. The topological polar surface area (TPSA) is 41.6 Å². The highest BCUT2D eigenvalue weighted by Gasteiger charge is 2.37. The van der Waals surface area contributed by atoms with E-state index in [4.69, 9.17) is 4.74 Å². The van der Waals surface area contributed by atoms with Gasteiger partial charge in [0.05, 0.1) is 12.7 Å². The first-order valence-electron chi connectivity index (χ1n) is 9.04. The van der Waals surface area contributed by atoms with Gasteiger partial charge < -0.3 is 15.0 Å². The van der Waals surface area contributed by atoms with Crippen molar-refractivity contribution >= 4 is 17.7 Å². The predicted molar refractivity (Wildman–Crippen MR) is 96.2 cm³/mol. The number of hydrogen-bond acceptors (Lipinski definition) is 4. The number of amides is 1. The molecule has 2 aliphatic heterocycles. The van der Waals surface area contributed by atoms with E-state index in [1.807, 2.05) is 0 Å².